The van der Waals surface area contributed by atoms with Crippen molar-refractivity contribution in [1.82, 2.24) is 0 Å². The third-order valence-electron chi connectivity index (χ3n) is 4.96. The smallest absolute Gasteiger partial charge is 0.349 e. The average Bonchev–Trinajstić information content (AvgIpc) is 3.36. The quantitative estimate of drug-likeness (QED) is 0.535. The number of carbonyl (C=O) groups excluding carboxylic acids is 2. The summed E-state index contributed by atoms with van der Waals surface area (Å²) < 4.78 is 11.3. The van der Waals surface area contributed by atoms with Gasteiger partial charge in [0, 0.05) is 10.4 Å². The molecule has 3 aromatic rings. The van der Waals surface area contributed by atoms with Crippen LogP contribution in [0.15, 0.2) is 60.7 Å². The number of esters is 1. The Hall–Kier alpha value is -3.12. The lowest BCUT2D eigenvalue weighted by atomic mass is 10.1. The Bertz CT molecular complexity index is 1020. The Balaban J connectivity index is 1.57. The molecule has 0 fully saturated rings. The number of amides is 1. The predicted molar refractivity (Wildman–Crippen MR) is 117 cm³/mol. The topological polar surface area (TPSA) is 64.6 Å². The number of rotatable bonds is 7. The highest BCUT2D eigenvalue weighted by Crippen LogP contribution is 2.32. The van der Waals surface area contributed by atoms with Gasteiger partial charge in [-0.25, -0.2) is 4.79 Å². The molecule has 1 atom stereocenters. The molecule has 154 valence electrons. The third kappa shape index (κ3) is 4.39. The van der Waals surface area contributed by atoms with Crippen LogP contribution in [0.5, 0.6) is 5.75 Å². The van der Waals surface area contributed by atoms with Crippen LogP contribution >= 0.6 is 11.3 Å². The minimum absolute atomic E-state index is 0.425. The molecule has 30 heavy (non-hydrogen) atoms. The molecule has 0 bridgehead atoms. The highest BCUT2D eigenvalue weighted by molar-refractivity contribution is 7.14. The highest BCUT2D eigenvalue weighted by Gasteiger charge is 2.28. The number of aryl methyl sites for hydroxylation is 2. The van der Waals surface area contributed by atoms with Crippen molar-refractivity contribution in [1.29, 1.82) is 0 Å². The molecule has 1 N–H and O–H groups in total. The van der Waals surface area contributed by atoms with Crippen LogP contribution in [-0.2, 0) is 22.4 Å². The Morgan fingerprint density at radius 1 is 1.07 bits per heavy atom. The van der Waals surface area contributed by atoms with Crippen molar-refractivity contribution < 1.29 is 19.1 Å². The van der Waals surface area contributed by atoms with Crippen LogP contribution in [0.1, 0.15) is 45.1 Å². The molecule has 0 unspecified atom stereocenters. The largest absolute Gasteiger partial charge is 0.492 e. The van der Waals surface area contributed by atoms with E-state index in [0.29, 0.717) is 28.5 Å². The number of thiophene rings is 1. The molecule has 5 nitrogen and oxygen atoms in total. The Morgan fingerprint density at radius 2 is 1.83 bits per heavy atom. The zero-order valence-corrected chi connectivity index (χ0v) is 17.5. The van der Waals surface area contributed by atoms with E-state index < -0.39 is 18.0 Å². The second-order valence-electron chi connectivity index (χ2n) is 7.03. The number of anilines is 1. The molecule has 1 amide bonds. The van der Waals surface area contributed by atoms with Crippen molar-refractivity contribution in [2.75, 3.05) is 11.9 Å². The van der Waals surface area contributed by atoms with E-state index in [1.54, 1.807) is 24.3 Å². The fourth-order valence-corrected chi connectivity index (χ4v) is 4.68. The van der Waals surface area contributed by atoms with Crippen molar-refractivity contribution in [3.05, 3.63) is 81.5 Å². The predicted octanol–water partition coefficient (Wildman–Crippen LogP) is 5.17. The normalized spacial score (nSPS) is 13.4. The van der Waals surface area contributed by atoms with Crippen LogP contribution in [-0.4, -0.2) is 18.5 Å². The molecule has 1 aliphatic rings. The molecule has 0 spiro atoms. The fourth-order valence-electron chi connectivity index (χ4n) is 3.55. The summed E-state index contributed by atoms with van der Waals surface area (Å²) in [5.41, 5.74) is 2.37. The van der Waals surface area contributed by atoms with Crippen molar-refractivity contribution in [3.8, 4) is 5.75 Å². The van der Waals surface area contributed by atoms with Crippen LogP contribution in [0.3, 0.4) is 0 Å². The fraction of sp³-hybridized carbons (Fsp3) is 0.250. The molecule has 6 heteroatoms. The van der Waals surface area contributed by atoms with Gasteiger partial charge in [0.2, 0.25) is 6.10 Å². The maximum atomic E-state index is 13.1. The van der Waals surface area contributed by atoms with E-state index in [-0.39, 0.29) is 0 Å². The van der Waals surface area contributed by atoms with Crippen molar-refractivity contribution in [2.24, 2.45) is 0 Å². The zero-order chi connectivity index (χ0) is 20.9. The third-order valence-corrected chi connectivity index (χ3v) is 6.18. The van der Waals surface area contributed by atoms with Gasteiger partial charge in [0.05, 0.1) is 12.3 Å². The number of benzene rings is 2. The second kappa shape index (κ2) is 9.13. The number of para-hydroxylation sites is 2. The maximum Gasteiger partial charge on any atom is 0.349 e. The molecule has 0 radical (unpaired) electrons. The number of hydrogen-bond acceptors (Lipinski definition) is 5. The van der Waals surface area contributed by atoms with Crippen LogP contribution in [0.4, 0.5) is 5.69 Å². The van der Waals surface area contributed by atoms with Crippen LogP contribution in [0.2, 0.25) is 0 Å². The van der Waals surface area contributed by atoms with E-state index in [1.165, 1.54) is 21.8 Å². The minimum Gasteiger partial charge on any atom is -0.492 e. The van der Waals surface area contributed by atoms with E-state index in [2.05, 4.69) is 5.32 Å². The van der Waals surface area contributed by atoms with Gasteiger partial charge in [-0.2, -0.15) is 0 Å². The molecule has 4 rings (SSSR count). The molecular weight excluding hydrogens is 398 g/mol. The molecule has 0 aliphatic heterocycles. The van der Waals surface area contributed by atoms with Gasteiger partial charge in [-0.05, 0) is 49.9 Å². The van der Waals surface area contributed by atoms with E-state index >= 15 is 0 Å². The number of hydrogen-bond donors (Lipinski definition) is 1. The number of fused-ring (bicyclic) bond motifs is 1. The van der Waals surface area contributed by atoms with E-state index in [4.69, 9.17) is 9.47 Å². The lowest BCUT2D eigenvalue weighted by molar-refractivity contribution is -0.125. The van der Waals surface area contributed by atoms with Gasteiger partial charge in [-0.1, -0.05) is 42.5 Å². The minimum atomic E-state index is -1.06. The zero-order valence-electron chi connectivity index (χ0n) is 16.7. The first-order chi connectivity index (χ1) is 14.7. The van der Waals surface area contributed by atoms with E-state index in [9.17, 15) is 9.59 Å². The van der Waals surface area contributed by atoms with Gasteiger partial charge < -0.3 is 14.8 Å². The van der Waals surface area contributed by atoms with Crippen molar-refractivity contribution in [3.63, 3.8) is 0 Å². The first-order valence-electron chi connectivity index (χ1n) is 10.1. The number of ether oxygens (including phenoxy) is 2. The Kier molecular flexibility index (Phi) is 6.14. The Labute approximate surface area is 179 Å². The van der Waals surface area contributed by atoms with Crippen LogP contribution in [0.25, 0.3) is 0 Å². The summed E-state index contributed by atoms with van der Waals surface area (Å²) in [7, 11) is 0. The summed E-state index contributed by atoms with van der Waals surface area (Å²) in [6, 6.07) is 18.1. The summed E-state index contributed by atoms with van der Waals surface area (Å²) in [6.45, 7) is 2.36. The first kappa shape index (κ1) is 20.2. The van der Waals surface area contributed by atoms with Crippen molar-refractivity contribution >= 4 is 28.9 Å². The molecule has 1 heterocycles. The summed E-state index contributed by atoms with van der Waals surface area (Å²) in [6.07, 6.45) is 2.07. The SMILES string of the molecule is CCOc1ccccc1NC(=O)[C@H](OC(=O)c1cc2c(s1)CCC2)c1ccccc1. The van der Waals surface area contributed by atoms with Crippen LogP contribution in [0, 0.1) is 0 Å². The highest BCUT2D eigenvalue weighted by atomic mass is 32.1. The molecule has 0 saturated heterocycles. The molecular formula is C24H23NO4S. The number of carbonyl (C=O) groups is 2. The lowest BCUT2D eigenvalue weighted by Crippen LogP contribution is -2.26. The summed E-state index contributed by atoms with van der Waals surface area (Å²) in [5, 5.41) is 2.85. The monoisotopic (exact) mass is 421 g/mol. The number of nitrogens with one attached hydrogen (secondary N) is 1. The van der Waals surface area contributed by atoms with E-state index in [1.807, 2.05) is 43.3 Å². The summed E-state index contributed by atoms with van der Waals surface area (Å²) in [4.78, 5) is 27.8. The van der Waals surface area contributed by atoms with Crippen molar-refractivity contribution in [2.45, 2.75) is 32.3 Å². The van der Waals surface area contributed by atoms with Gasteiger partial charge in [-0.15, -0.1) is 11.3 Å². The van der Waals surface area contributed by atoms with Gasteiger partial charge in [0.25, 0.3) is 5.91 Å². The summed E-state index contributed by atoms with van der Waals surface area (Å²) in [5.74, 6) is -0.330. The summed E-state index contributed by atoms with van der Waals surface area (Å²) >= 11 is 1.47. The van der Waals surface area contributed by atoms with Gasteiger partial charge in [-0.3, -0.25) is 4.79 Å². The molecule has 1 aromatic heterocycles. The van der Waals surface area contributed by atoms with E-state index in [0.717, 1.165) is 19.3 Å². The molecule has 0 saturated carbocycles. The molecule has 2 aromatic carbocycles. The van der Waals surface area contributed by atoms with Gasteiger partial charge in [0.1, 0.15) is 10.6 Å². The standard InChI is InChI=1S/C24H23NO4S/c1-2-28-19-13-7-6-12-18(19)25-23(26)22(16-9-4-3-5-10-16)29-24(27)21-15-17-11-8-14-20(17)30-21/h3-7,9-10,12-13,15,22H,2,8,11,14H2,1H3,(H,25,26)/t22-/m1/s1. The Morgan fingerprint density at radius 3 is 2.60 bits per heavy atom. The average molecular weight is 422 g/mol. The maximum absolute atomic E-state index is 13.1. The van der Waals surface area contributed by atoms with Crippen LogP contribution < -0.4 is 10.1 Å². The van der Waals surface area contributed by atoms with Gasteiger partial charge in [0.15, 0.2) is 0 Å². The van der Waals surface area contributed by atoms with Gasteiger partial charge >= 0.3 is 5.97 Å². The lowest BCUT2D eigenvalue weighted by Gasteiger charge is -2.19. The molecule has 1 aliphatic carbocycles. The first-order valence-corrected chi connectivity index (χ1v) is 10.9. The second-order valence-corrected chi connectivity index (χ2v) is 8.16.